The molecule has 2 rings (SSSR count). The van der Waals surface area contributed by atoms with Gasteiger partial charge in [-0.25, -0.2) is 17.2 Å². The number of rotatable bonds is 3. The van der Waals surface area contributed by atoms with Gasteiger partial charge in [0.25, 0.3) is 0 Å². The van der Waals surface area contributed by atoms with E-state index in [1.165, 1.54) is 4.31 Å². The van der Waals surface area contributed by atoms with Crippen molar-refractivity contribution in [1.29, 1.82) is 0 Å². The zero-order valence-corrected chi connectivity index (χ0v) is 13.3. The molecular formula is C12H15BrF2N2O2S. The standard InChI is InChI=1S/C12H15BrF2N2O2S/c1-2-16-3-5-17(6-4-16)20(18,19)12-10(13)7-9(14)8-11(12)15/h7-8H,2-6H2,1H3. The van der Waals surface area contributed by atoms with E-state index in [1.807, 2.05) is 6.92 Å². The Bertz CT molecular complexity index is 578. The van der Waals surface area contributed by atoms with Crippen LogP contribution in [0, 0.1) is 11.6 Å². The molecule has 1 fully saturated rings. The number of hydrogen-bond donors (Lipinski definition) is 0. The molecule has 0 spiro atoms. The minimum absolute atomic E-state index is 0.0899. The maximum Gasteiger partial charge on any atom is 0.247 e. The van der Waals surface area contributed by atoms with Crippen LogP contribution < -0.4 is 0 Å². The largest absolute Gasteiger partial charge is 0.301 e. The van der Waals surface area contributed by atoms with E-state index in [-0.39, 0.29) is 4.47 Å². The van der Waals surface area contributed by atoms with Crippen LogP contribution in [0.5, 0.6) is 0 Å². The lowest BCUT2D eigenvalue weighted by molar-refractivity contribution is 0.196. The van der Waals surface area contributed by atoms with Gasteiger partial charge in [-0.1, -0.05) is 6.92 Å². The Hall–Kier alpha value is -0.570. The van der Waals surface area contributed by atoms with Crippen molar-refractivity contribution in [2.45, 2.75) is 11.8 Å². The van der Waals surface area contributed by atoms with Gasteiger partial charge < -0.3 is 4.90 Å². The summed E-state index contributed by atoms with van der Waals surface area (Å²) in [5.74, 6) is -1.89. The monoisotopic (exact) mass is 368 g/mol. The number of nitrogens with zero attached hydrogens (tertiary/aromatic N) is 2. The van der Waals surface area contributed by atoms with Crippen molar-refractivity contribution in [2.75, 3.05) is 32.7 Å². The lowest BCUT2D eigenvalue weighted by atomic mass is 10.3. The highest BCUT2D eigenvalue weighted by Crippen LogP contribution is 2.29. The highest BCUT2D eigenvalue weighted by atomic mass is 79.9. The van der Waals surface area contributed by atoms with Gasteiger partial charge in [0, 0.05) is 36.7 Å². The Labute approximate surface area is 125 Å². The summed E-state index contributed by atoms with van der Waals surface area (Å²) < 4.78 is 52.9. The number of halogens is 3. The summed E-state index contributed by atoms with van der Waals surface area (Å²) in [6.45, 7) is 4.67. The molecule has 112 valence electrons. The number of likely N-dealkylation sites (N-methyl/N-ethyl adjacent to an activating group) is 1. The Morgan fingerprint density at radius 1 is 1.20 bits per heavy atom. The third-order valence-corrected chi connectivity index (χ3v) is 6.20. The Morgan fingerprint density at radius 2 is 1.80 bits per heavy atom. The average Bonchev–Trinajstić information content (AvgIpc) is 2.37. The number of hydrogen-bond acceptors (Lipinski definition) is 3. The van der Waals surface area contributed by atoms with Crippen LogP contribution in [0.4, 0.5) is 8.78 Å². The fourth-order valence-corrected chi connectivity index (χ4v) is 4.73. The van der Waals surface area contributed by atoms with E-state index in [2.05, 4.69) is 20.8 Å². The summed E-state index contributed by atoms with van der Waals surface area (Å²) in [5.41, 5.74) is 0. The molecule has 0 radical (unpaired) electrons. The van der Waals surface area contributed by atoms with Crippen LogP contribution >= 0.6 is 15.9 Å². The summed E-state index contributed by atoms with van der Waals surface area (Å²) in [4.78, 5) is 1.62. The first-order chi connectivity index (χ1) is 9.36. The summed E-state index contributed by atoms with van der Waals surface area (Å²) in [5, 5.41) is 0. The van der Waals surface area contributed by atoms with Crippen molar-refractivity contribution in [3.8, 4) is 0 Å². The van der Waals surface area contributed by atoms with Gasteiger partial charge in [-0.05, 0) is 28.5 Å². The fourth-order valence-electron chi connectivity index (χ4n) is 2.19. The Kier molecular flexibility index (Phi) is 4.78. The van der Waals surface area contributed by atoms with E-state index in [0.29, 0.717) is 32.2 Å². The molecule has 0 unspecified atom stereocenters. The zero-order chi connectivity index (χ0) is 14.9. The molecule has 0 atom stereocenters. The minimum Gasteiger partial charge on any atom is -0.301 e. The topological polar surface area (TPSA) is 40.6 Å². The third-order valence-electron chi connectivity index (χ3n) is 3.34. The number of sulfonamides is 1. The number of piperazine rings is 1. The van der Waals surface area contributed by atoms with E-state index in [4.69, 9.17) is 0 Å². The van der Waals surface area contributed by atoms with Gasteiger partial charge in [-0.15, -0.1) is 0 Å². The van der Waals surface area contributed by atoms with Crippen LogP contribution in [-0.4, -0.2) is 50.3 Å². The molecule has 1 saturated heterocycles. The van der Waals surface area contributed by atoms with E-state index in [0.717, 1.165) is 12.6 Å². The molecule has 0 saturated carbocycles. The first-order valence-electron chi connectivity index (χ1n) is 6.23. The second-order valence-electron chi connectivity index (χ2n) is 4.54. The highest BCUT2D eigenvalue weighted by molar-refractivity contribution is 9.10. The van der Waals surface area contributed by atoms with Crippen molar-refractivity contribution in [1.82, 2.24) is 9.21 Å². The molecule has 0 aliphatic carbocycles. The van der Waals surface area contributed by atoms with E-state index in [9.17, 15) is 17.2 Å². The predicted octanol–water partition coefficient (Wildman–Crippen LogP) is 2.05. The van der Waals surface area contributed by atoms with Crippen molar-refractivity contribution in [2.24, 2.45) is 0 Å². The highest BCUT2D eigenvalue weighted by Gasteiger charge is 2.32. The number of benzene rings is 1. The first kappa shape index (κ1) is 15.8. The van der Waals surface area contributed by atoms with Gasteiger partial charge in [0.15, 0.2) is 0 Å². The Morgan fingerprint density at radius 3 is 2.30 bits per heavy atom. The Balaban J connectivity index is 2.32. The van der Waals surface area contributed by atoms with E-state index >= 15 is 0 Å². The minimum atomic E-state index is -3.95. The van der Waals surface area contributed by atoms with Crippen molar-refractivity contribution in [3.63, 3.8) is 0 Å². The van der Waals surface area contributed by atoms with Crippen LogP contribution in [0.15, 0.2) is 21.5 Å². The molecule has 8 heteroatoms. The average molecular weight is 369 g/mol. The molecule has 4 nitrogen and oxygen atoms in total. The molecule has 0 N–H and O–H groups in total. The molecule has 20 heavy (non-hydrogen) atoms. The molecule has 0 bridgehead atoms. The maximum absolute atomic E-state index is 13.8. The molecular weight excluding hydrogens is 354 g/mol. The summed E-state index contributed by atoms with van der Waals surface area (Å²) in [6, 6.07) is 1.54. The van der Waals surface area contributed by atoms with Crippen molar-refractivity contribution in [3.05, 3.63) is 28.2 Å². The molecule has 1 aliphatic rings. The van der Waals surface area contributed by atoms with Gasteiger partial charge in [-0.2, -0.15) is 4.31 Å². The van der Waals surface area contributed by atoms with E-state index < -0.39 is 26.6 Å². The summed E-state index contributed by atoms with van der Waals surface area (Å²) in [6.07, 6.45) is 0. The van der Waals surface area contributed by atoms with Crippen LogP contribution in [0.3, 0.4) is 0 Å². The van der Waals surface area contributed by atoms with E-state index in [1.54, 1.807) is 0 Å². The molecule has 0 aromatic heterocycles. The van der Waals surface area contributed by atoms with Gasteiger partial charge in [0.1, 0.15) is 16.5 Å². The smallest absolute Gasteiger partial charge is 0.247 e. The van der Waals surface area contributed by atoms with Crippen LogP contribution in [-0.2, 0) is 10.0 Å². The SMILES string of the molecule is CCN1CCN(S(=O)(=O)c2c(F)cc(F)cc2Br)CC1. The fraction of sp³-hybridized carbons (Fsp3) is 0.500. The molecule has 1 aliphatic heterocycles. The van der Waals surface area contributed by atoms with Crippen LogP contribution in [0.2, 0.25) is 0 Å². The predicted molar refractivity (Wildman–Crippen MR) is 74.9 cm³/mol. The third kappa shape index (κ3) is 3.03. The van der Waals surface area contributed by atoms with Gasteiger partial charge in [0.05, 0.1) is 0 Å². The van der Waals surface area contributed by atoms with Crippen LogP contribution in [0.1, 0.15) is 6.92 Å². The summed E-state index contributed by atoms with van der Waals surface area (Å²) >= 11 is 2.93. The van der Waals surface area contributed by atoms with Gasteiger partial charge in [-0.3, -0.25) is 0 Å². The molecule has 1 heterocycles. The van der Waals surface area contributed by atoms with Crippen molar-refractivity contribution < 1.29 is 17.2 Å². The molecule has 1 aromatic carbocycles. The van der Waals surface area contributed by atoms with Crippen LogP contribution in [0.25, 0.3) is 0 Å². The second-order valence-corrected chi connectivity index (χ2v) is 7.27. The molecule has 0 amide bonds. The summed E-state index contributed by atoms with van der Waals surface area (Å²) in [7, 11) is -3.95. The normalized spacial score (nSPS) is 18.4. The maximum atomic E-state index is 13.8. The quantitative estimate of drug-likeness (QED) is 0.819. The molecule has 1 aromatic rings. The zero-order valence-electron chi connectivity index (χ0n) is 10.9. The van der Waals surface area contributed by atoms with Crippen molar-refractivity contribution >= 4 is 26.0 Å². The first-order valence-corrected chi connectivity index (χ1v) is 8.46. The van der Waals surface area contributed by atoms with Gasteiger partial charge in [0.2, 0.25) is 10.0 Å². The lowest BCUT2D eigenvalue weighted by Crippen LogP contribution is -2.48. The van der Waals surface area contributed by atoms with Gasteiger partial charge >= 0.3 is 0 Å². The lowest BCUT2D eigenvalue weighted by Gasteiger charge is -2.33. The second kappa shape index (κ2) is 6.05.